The standard InChI is InChI=1S/C25H27Cl2N7O4/c1-25(2,3)38-24(37)33(13-15-7-17(26)9-18(27)8-15)21-10-20(31-22-16(11-28)12-29-34(21)22)30-19-5-4-6-32(14-19)23(35)36/h7-10,12,19H,4-6,13-14H2,1-3H3,(H,30,31)(H,35,36). The molecule has 2 aromatic heterocycles. The zero-order valence-corrected chi connectivity index (χ0v) is 22.6. The average molecular weight is 560 g/mol. The van der Waals surface area contributed by atoms with E-state index in [0.717, 1.165) is 6.42 Å². The zero-order valence-electron chi connectivity index (χ0n) is 21.1. The van der Waals surface area contributed by atoms with Gasteiger partial charge in [0.2, 0.25) is 0 Å². The van der Waals surface area contributed by atoms with E-state index in [2.05, 4.69) is 21.5 Å². The fourth-order valence-electron chi connectivity index (χ4n) is 4.21. The number of amides is 2. The number of aromatic nitrogens is 3. The van der Waals surface area contributed by atoms with Crippen molar-refractivity contribution in [1.82, 2.24) is 19.5 Å². The van der Waals surface area contributed by atoms with Crippen LogP contribution in [0.4, 0.5) is 21.2 Å². The van der Waals surface area contributed by atoms with Gasteiger partial charge in [-0.2, -0.15) is 14.9 Å². The highest BCUT2D eigenvalue weighted by Gasteiger charge is 2.29. The molecule has 1 unspecified atom stereocenters. The number of nitriles is 1. The highest BCUT2D eigenvalue weighted by Crippen LogP contribution is 2.28. The minimum atomic E-state index is -0.987. The van der Waals surface area contributed by atoms with Crippen LogP contribution in [0.25, 0.3) is 5.65 Å². The van der Waals surface area contributed by atoms with Crippen LogP contribution in [0.3, 0.4) is 0 Å². The number of fused-ring (bicyclic) bond motifs is 1. The molecule has 200 valence electrons. The Morgan fingerprint density at radius 2 is 1.97 bits per heavy atom. The minimum Gasteiger partial charge on any atom is -0.465 e. The molecule has 1 aliphatic rings. The molecule has 2 N–H and O–H groups in total. The van der Waals surface area contributed by atoms with Crippen molar-refractivity contribution in [2.24, 2.45) is 0 Å². The summed E-state index contributed by atoms with van der Waals surface area (Å²) >= 11 is 12.4. The number of ether oxygens (including phenoxy) is 1. The van der Waals surface area contributed by atoms with E-state index in [0.29, 0.717) is 34.4 Å². The van der Waals surface area contributed by atoms with Gasteiger partial charge >= 0.3 is 12.2 Å². The van der Waals surface area contributed by atoms with Crippen molar-refractivity contribution in [3.05, 3.63) is 51.6 Å². The zero-order chi connectivity index (χ0) is 27.6. The van der Waals surface area contributed by atoms with Gasteiger partial charge in [-0.1, -0.05) is 23.2 Å². The number of nitrogens with zero attached hydrogens (tertiary/aromatic N) is 6. The fourth-order valence-corrected chi connectivity index (χ4v) is 4.78. The molecule has 3 heterocycles. The number of carbonyl (C=O) groups is 2. The SMILES string of the molecule is CC(C)(C)OC(=O)N(Cc1cc(Cl)cc(Cl)c1)c1cc(NC2CCCN(C(=O)O)C2)nc2c(C#N)cnn12. The van der Waals surface area contributed by atoms with Crippen molar-refractivity contribution >= 4 is 52.7 Å². The van der Waals surface area contributed by atoms with E-state index in [1.54, 1.807) is 45.0 Å². The Hall–Kier alpha value is -3.75. The first kappa shape index (κ1) is 27.3. The largest absolute Gasteiger partial charge is 0.465 e. The lowest BCUT2D eigenvalue weighted by atomic mass is 10.1. The molecule has 0 radical (unpaired) electrons. The first-order chi connectivity index (χ1) is 17.9. The van der Waals surface area contributed by atoms with Crippen molar-refractivity contribution in [2.75, 3.05) is 23.3 Å². The van der Waals surface area contributed by atoms with E-state index in [9.17, 15) is 20.0 Å². The lowest BCUT2D eigenvalue weighted by molar-refractivity contribution is 0.0575. The average Bonchev–Trinajstić information content (AvgIpc) is 3.23. The minimum absolute atomic E-state index is 0.0334. The number of likely N-dealkylation sites (tertiary alicyclic amines) is 1. The summed E-state index contributed by atoms with van der Waals surface area (Å²) in [7, 11) is 0. The van der Waals surface area contributed by atoms with Gasteiger partial charge in [-0.05, 0) is 57.4 Å². The van der Waals surface area contributed by atoms with Crippen LogP contribution < -0.4 is 10.2 Å². The molecule has 4 rings (SSSR count). The van der Waals surface area contributed by atoms with Crippen LogP contribution in [0.2, 0.25) is 10.0 Å². The Morgan fingerprint density at radius 3 is 2.61 bits per heavy atom. The molecule has 0 spiro atoms. The second-order valence-corrected chi connectivity index (χ2v) is 10.8. The first-order valence-electron chi connectivity index (χ1n) is 11.9. The van der Waals surface area contributed by atoms with Crippen LogP contribution in [0.15, 0.2) is 30.5 Å². The summed E-state index contributed by atoms with van der Waals surface area (Å²) in [5.74, 6) is 0.648. The number of nitrogens with one attached hydrogen (secondary N) is 1. The van der Waals surface area contributed by atoms with E-state index in [-0.39, 0.29) is 36.2 Å². The van der Waals surface area contributed by atoms with Crippen LogP contribution in [-0.4, -0.2) is 61.5 Å². The van der Waals surface area contributed by atoms with Gasteiger partial charge in [0.15, 0.2) is 5.65 Å². The molecule has 1 atom stereocenters. The molecule has 11 nitrogen and oxygen atoms in total. The number of hydrogen-bond donors (Lipinski definition) is 2. The van der Waals surface area contributed by atoms with Gasteiger partial charge in [-0.15, -0.1) is 0 Å². The van der Waals surface area contributed by atoms with Gasteiger partial charge in [0, 0.05) is 35.2 Å². The molecule has 0 saturated carbocycles. The third kappa shape index (κ3) is 6.38. The second kappa shape index (κ2) is 10.9. The number of carbonyl (C=O) groups excluding carboxylic acids is 1. The number of carboxylic acid groups (broad SMARTS) is 1. The Kier molecular flexibility index (Phi) is 7.85. The molecule has 0 aliphatic carbocycles. The first-order valence-corrected chi connectivity index (χ1v) is 12.7. The smallest absolute Gasteiger partial charge is 0.416 e. The highest BCUT2D eigenvalue weighted by molar-refractivity contribution is 6.34. The Bertz CT molecular complexity index is 1390. The lowest BCUT2D eigenvalue weighted by Gasteiger charge is -2.32. The fraction of sp³-hybridized carbons (Fsp3) is 0.400. The van der Waals surface area contributed by atoms with E-state index >= 15 is 0 Å². The van der Waals surface area contributed by atoms with Crippen molar-refractivity contribution in [2.45, 2.75) is 51.8 Å². The maximum Gasteiger partial charge on any atom is 0.416 e. The molecule has 13 heteroatoms. The number of benzene rings is 1. The quantitative estimate of drug-likeness (QED) is 0.423. The molecular formula is C25H27Cl2N7O4. The summed E-state index contributed by atoms with van der Waals surface area (Å²) in [6.07, 6.45) is 1.14. The third-order valence-corrected chi connectivity index (χ3v) is 6.21. The van der Waals surface area contributed by atoms with E-state index in [1.165, 1.54) is 20.5 Å². The van der Waals surface area contributed by atoms with Crippen LogP contribution in [0.1, 0.15) is 44.7 Å². The number of piperidine rings is 1. The second-order valence-electron chi connectivity index (χ2n) is 9.96. The third-order valence-electron chi connectivity index (χ3n) is 5.77. The Morgan fingerprint density at radius 1 is 1.26 bits per heavy atom. The molecule has 1 aliphatic heterocycles. The van der Waals surface area contributed by atoms with Gasteiger partial charge in [0.1, 0.15) is 28.9 Å². The number of anilines is 2. The Labute approximate surface area is 229 Å². The monoisotopic (exact) mass is 559 g/mol. The van der Waals surface area contributed by atoms with Crippen molar-refractivity contribution in [1.29, 1.82) is 5.26 Å². The lowest BCUT2D eigenvalue weighted by Crippen LogP contribution is -2.44. The molecule has 1 aromatic carbocycles. The molecule has 3 aromatic rings. The molecule has 38 heavy (non-hydrogen) atoms. The van der Waals surface area contributed by atoms with Crippen LogP contribution in [-0.2, 0) is 11.3 Å². The summed E-state index contributed by atoms with van der Waals surface area (Å²) < 4.78 is 7.09. The van der Waals surface area contributed by atoms with Crippen molar-refractivity contribution in [3.8, 4) is 6.07 Å². The van der Waals surface area contributed by atoms with Gasteiger partial charge in [0.05, 0.1) is 12.7 Å². The summed E-state index contributed by atoms with van der Waals surface area (Å²) in [5.41, 5.74) is 0.292. The summed E-state index contributed by atoms with van der Waals surface area (Å²) in [5, 5.41) is 27.5. The van der Waals surface area contributed by atoms with Crippen molar-refractivity contribution in [3.63, 3.8) is 0 Å². The van der Waals surface area contributed by atoms with Crippen LogP contribution in [0.5, 0.6) is 0 Å². The number of halogens is 2. The molecule has 1 saturated heterocycles. The summed E-state index contributed by atoms with van der Waals surface area (Å²) in [6, 6.07) is 8.45. The predicted octanol–water partition coefficient (Wildman–Crippen LogP) is 5.40. The summed E-state index contributed by atoms with van der Waals surface area (Å²) in [6.45, 7) is 6.04. The van der Waals surface area contributed by atoms with E-state index in [1.807, 2.05) is 0 Å². The topological polar surface area (TPSA) is 136 Å². The van der Waals surface area contributed by atoms with Gasteiger partial charge in [0.25, 0.3) is 0 Å². The number of hydrogen-bond acceptors (Lipinski definition) is 7. The molecule has 2 amide bonds. The van der Waals surface area contributed by atoms with Gasteiger partial charge < -0.3 is 20.1 Å². The number of rotatable bonds is 5. The van der Waals surface area contributed by atoms with Crippen LogP contribution >= 0.6 is 23.2 Å². The molecule has 0 bridgehead atoms. The van der Waals surface area contributed by atoms with Crippen molar-refractivity contribution < 1.29 is 19.4 Å². The summed E-state index contributed by atoms with van der Waals surface area (Å²) in [4.78, 5) is 32.3. The van der Waals surface area contributed by atoms with Crippen LogP contribution in [0, 0.1) is 11.3 Å². The van der Waals surface area contributed by atoms with Gasteiger partial charge in [-0.3, -0.25) is 4.90 Å². The maximum atomic E-state index is 13.5. The normalized spacial score (nSPS) is 15.7. The highest BCUT2D eigenvalue weighted by atomic mass is 35.5. The Balaban J connectivity index is 1.79. The predicted molar refractivity (Wildman–Crippen MR) is 143 cm³/mol. The maximum absolute atomic E-state index is 13.5. The molecular weight excluding hydrogens is 533 g/mol. The van der Waals surface area contributed by atoms with E-state index < -0.39 is 17.8 Å². The molecule has 1 fully saturated rings. The van der Waals surface area contributed by atoms with Gasteiger partial charge in [-0.25, -0.2) is 14.6 Å². The van der Waals surface area contributed by atoms with E-state index in [4.69, 9.17) is 27.9 Å².